The van der Waals surface area contributed by atoms with Crippen molar-refractivity contribution < 1.29 is 4.79 Å². The van der Waals surface area contributed by atoms with Crippen LogP contribution >= 0.6 is 0 Å². The molecule has 0 saturated carbocycles. The highest BCUT2D eigenvalue weighted by atomic mass is 16.2. The lowest BCUT2D eigenvalue weighted by atomic mass is 9.80. The van der Waals surface area contributed by atoms with Crippen LogP contribution in [0.3, 0.4) is 0 Å². The molecular formula is C23H30N4O. The zero-order valence-corrected chi connectivity index (χ0v) is 17.4. The van der Waals surface area contributed by atoms with Gasteiger partial charge in [0.25, 0.3) is 5.91 Å². The number of fused-ring (bicyclic) bond motifs is 1. The van der Waals surface area contributed by atoms with E-state index < -0.39 is 0 Å². The second kappa shape index (κ2) is 7.28. The zero-order chi connectivity index (χ0) is 19.9. The minimum absolute atomic E-state index is 0.00128. The molecule has 2 aromatic rings. The summed E-state index contributed by atoms with van der Waals surface area (Å²) in [5.74, 6) is 0.635. The summed E-state index contributed by atoms with van der Waals surface area (Å²) in [5.41, 5.74) is 6.12. The normalized spacial score (nSPS) is 19.6. The molecule has 1 aromatic heterocycles. The van der Waals surface area contributed by atoms with Crippen molar-refractivity contribution in [2.45, 2.75) is 65.0 Å². The first-order valence-electron chi connectivity index (χ1n) is 10.3. The number of nitrogens with one attached hydrogen (secondary N) is 1. The number of benzene rings is 1. The monoisotopic (exact) mass is 378 g/mol. The summed E-state index contributed by atoms with van der Waals surface area (Å²) in [6.07, 6.45) is 4.94. The summed E-state index contributed by atoms with van der Waals surface area (Å²) in [4.78, 5) is 23.4. The number of aryl methyl sites for hydroxylation is 1. The fraction of sp³-hybridized carbons (Fsp3) is 0.522. The third kappa shape index (κ3) is 3.68. The van der Waals surface area contributed by atoms with E-state index in [0.717, 1.165) is 19.5 Å². The summed E-state index contributed by atoms with van der Waals surface area (Å²) >= 11 is 0. The van der Waals surface area contributed by atoms with E-state index >= 15 is 0 Å². The Hall–Kier alpha value is -2.27. The van der Waals surface area contributed by atoms with E-state index in [2.05, 4.69) is 48.2 Å². The number of nitrogens with zero attached hydrogens (tertiary/aromatic N) is 3. The van der Waals surface area contributed by atoms with Gasteiger partial charge in [0.05, 0.1) is 0 Å². The fourth-order valence-electron chi connectivity index (χ4n) is 4.30. The van der Waals surface area contributed by atoms with Crippen molar-refractivity contribution in [1.82, 2.24) is 20.2 Å². The third-order valence-corrected chi connectivity index (χ3v) is 5.96. The number of carbonyl (C=O) groups is 1. The molecule has 4 rings (SSSR count). The number of amides is 1. The Kier molecular flexibility index (Phi) is 4.96. The lowest BCUT2D eigenvalue weighted by Crippen LogP contribution is -2.37. The summed E-state index contributed by atoms with van der Waals surface area (Å²) < 4.78 is 0. The van der Waals surface area contributed by atoms with Crippen molar-refractivity contribution in [3.05, 3.63) is 58.2 Å². The molecular weight excluding hydrogens is 348 g/mol. The maximum atomic E-state index is 13.0. The Morgan fingerprint density at radius 2 is 2.11 bits per heavy atom. The lowest BCUT2D eigenvalue weighted by Gasteiger charge is -2.33. The van der Waals surface area contributed by atoms with Crippen LogP contribution in [0, 0.1) is 6.92 Å². The SMILES string of the molecule is Cc1nccc(C(=O)N2CCc3cc(C(C)(C)C)cc([C@@H]4CCCN4)c3C2)n1. The topological polar surface area (TPSA) is 58.1 Å². The third-order valence-electron chi connectivity index (χ3n) is 5.96. The first-order chi connectivity index (χ1) is 13.3. The van der Waals surface area contributed by atoms with Crippen molar-refractivity contribution in [1.29, 1.82) is 0 Å². The van der Waals surface area contributed by atoms with Crippen LogP contribution in [0.2, 0.25) is 0 Å². The van der Waals surface area contributed by atoms with Crippen molar-refractivity contribution >= 4 is 5.91 Å². The van der Waals surface area contributed by atoms with Crippen molar-refractivity contribution in [3.63, 3.8) is 0 Å². The van der Waals surface area contributed by atoms with Crippen molar-refractivity contribution in [2.75, 3.05) is 13.1 Å². The predicted molar refractivity (Wildman–Crippen MR) is 110 cm³/mol. The molecule has 2 aliphatic rings. The van der Waals surface area contributed by atoms with Gasteiger partial charge in [-0.15, -0.1) is 0 Å². The Morgan fingerprint density at radius 3 is 2.79 bits per heavy atom. The second-order valence-electron chi connectivity index (χ2n) is 9.07. The minimum Gasteiger partial charge on any atom is -0.333 e. The van der Waals surface area contributed by atoms with Gasteiger partial charge in [0, 0.05) is 25.3 Å². The molecule has 1 amide bonds. The molecule has 0 radical (unpaired) electrons. The van der Waals surface area contributed by atoms with Crippen LogP contribution < -0.4 is 5.32 Å². The Bertz CT molecular complexity index is 894. The summed E-state index contributed by atoms with van der Waals surface area (Å²) in [5, 5.41) is 3.66. The molecule has 1 aromatic carbocycles. The summed E-state index contributed by atoms with van der Waals surface area (Å²) in [7, 11) is 0. The molecule has 1 atom stereocenters. The van der Waals surface area contributed by atoms with E-state index in [0.29, 0.717) is 24.1 Å². The summed E-state index contributed by atoms with van der Waals surface area (Å²) in [6, 6.07) is 6.86. The van der Waals surface area contributed by atoms with Crippen LogP contribution in [-0.2, 0) is 18.4 Å². The molecule has 5 nitrogen and oxygen atoms in total. The molecule has 5 heteroatoms. The van der Waals surface area contributed by atoms with Gasteiger partial charge >= 0.3 is 0 Å². The molecule has 0 aliphatic carbocycles. The number of hydrogen-bond donors (Lipinski definition) is 1. The summed E-state index contributed by atoms with van der Waals surface area (Å²) in [6.45, 7) is 11.1. The van der Waals surface area contributed by atoms with Gasteiger partial charge in [0.15, 0.2) is 0 Å². The molecule has 0 unspecified atom stereocenters. The number of rotatable bonds is 2. The largest absolute Gasteiger partial charge is 0.333 e. The van der Waals surface area contributed by atoms with E-state index in [1.807, 2.05) is 11.8 Å². The smallest absolute Gasteiger partial charge is 0.272 e. The second-order valence-corrected chi connectivity index (χ2v) is 9.07. The molecule has 1 N–H and O–H groups in total. The first kappa shape index (κ1) is 19.1. The quantitative estimate of drug-likeness (QED) is 0.866. The van der Waals surface area contributed by atoms with E-state index in [9.17, 15) is 4.79 Å². The van der Waals surface area contributed by atoms with Gasteiger partial charge < -0.3 is 10.2 Å². The van der Waals surface area contributed by atoms with Gasteiger partial charge in [-0.3, -0.25) is 4.79 Å². The van der Waals surface area contributed by atoms with Gasteiger partial charge in [-0.05, 0) is 66.5 Å². The van der Waals surface area contributed by atoms with Crippen LogP contribution in [0.4, 0.5) is 0 Å². The highest BCUT2D eigenvalue weighted by Crippen LogP contribution is 2.36. The molecule has 148 valence electrons. The van der Waals surface area contributed by atoms with E-state index in [1.165, 1.54) is 35.1 Å². The average molecular weight is 379 g/mol. The van der Waals surface area contributed by atoms with Crippen LogP contribution in [0.25, 0.3) is 0 Å². The van der Waals surface area contributed by atoms with Crippen molar-refractivity contribution in [3.8, 4) is 0 Å². The lowest BCUT2D eigenvalue weighted by molar-refractivity contribution is 0.0727. The van der Waals surface area contributed by atoms with Crippen molar-refractivity contribution in [2.24, 2.45) is 0 Å². The number of carbonyl (C=O) groups excluding carboxylic acids is 1. The molecule has 0 bridgehead atoms. The molecule has 3 heterocycles. The van der Waals surface area contributed by atoms with Gasteiger partial charge in [0.2, 0.25) is 0 Å². The van der Waals surface area contributed by atoms with Gasteiger partial charge in [-0.25, -0.2) is 9.97 Å². The van der Waals surface area contributed by atoms with E-state index in [-0.39, 0.29) is 11.3 Å². The van der Waals surface area contributed by atoms with Gasteiger partial charge in [0.1, 0.15) is 11.5 Å². The first-order valence-corrected chi connectivity index (χ1v) is 10.3. The highest BCUT2D eigenvalue weighted by molar-refractivity contribution is 5.92. The van der Waals surface area contributed by atoms with Crippen LogP contribution in [0.15, 0.2) is 24.4 Å². The van der Waals surface area contributed by atoms with E-state index in [1.54, 1.807) is 12.3 Å². The Balaban J connectivity index is 1.69. The average Bonchev–Trinajstić information content (AvgIpc) is 3.20. The number of aromatic nitrogens is 2. The number of hydrogen-bond acceptors (Lipinski definition) is 4. The molecule has 1 fully saturated rings. The maximum absolute atomic E-state index is 13.0. The Morgan fingerprint density at radius 1 is 1.29 bits per heavy atom. The zero-order valence-electron chi connectivity index (χ0n) is 17.4. The van der Waals surface area contributed by atoms with E-state index in [4.69, 9.17) is 0 Å². The highest BCUT2D eigenvalue weighted by Gasteiger charge is 2.30. The minimum atomic E-state index is 0.00128. The van der Waals surface area contributed by atoms with Crippen LogP contribution in [-0.4, -0.2) is 33.9 Å². The molecule has 2 aliphatic heterocycles. The van der Waals surface area contributed by atoms with Gasteiger partial charge in [-0.1, -0.05) is 32.9 Å². The van der Waals surface area contributed by atoms with Crippen LogP contribution in [0.5, 0.6) is 0 Å². The Labute approximate surface area is 167 Å². The standard InChI is InChI=1S/C23H30N4O/c1-15-24-10-7-21(26-15)22(28)27-11-8-16-12-17(23(2,3)4)13-18(19(16)14-27)20-6-5-9-25-20/h7,10,12-13,20,25H,5-6,8-9,11,14H2,1-4H3/t20-/m0/s1. The molecule has 0 spiro atoms. The molecule has 28 heavy (non-hydrogen) atoms. The molecule has 1 saturated heterocycles. The predicted octanol–water partition coefficient (Wildman–Crippen LogP) is 3.71. The fourth-order valence-corrected chi connectivity index (χ4v) is 4.30. The maximum Gasteiger partial charge on any atom is 0.272 e. The van der Waals surface area contributed by atoms with Crippen LogP contribution in [0.1, 0.15) is 78.2 Å². The van der Waals surface area contributed by atoms with Gasteiger partial charge in [-0.2, -0.15) is 0 Å².